The van der Waals surface area contributed by atoms with E-state index in [9.17, 15) is 0 Å². The molecule has 0 aliphatic heterocycles. The molecule has 0 aliphatic rings. The molecular weight excluding hydrogens is 318 g/mol. The highest BCUT2D eigenvalue weighted by Crippen LogP contribution is 2.34. The molecule has 3 heteroatoms. The number of benzene rings is 1. The predicted molar refractivity (Wildman–Crippen MR) is 70.6 cm³/mol. The Labute approximate surface area is 106 Å². The molecule has 0 bridgehead atoms. The molecule has 78 valence electrons. The summed E-state index contributed by atoms with van der Waals surface area (Å²) in [6.45, 7) is 4.21. The molecular formula is C12H11Br2N. The Morgan fingerprint density at radius 3 is 1.80 bits per heavy atom. The molecule has 0 amide bonds. The third-order valence-electron chi connectivity index (χ3n) is 2.51. The van der Waals surface area contributed by atoms with Crippen molar-refractivity contribution in [3.8, 4) is 5.69 Å². The maximum absolute atomic E-state index is 3.58. The zero-order valence-corrected chi connectivity index (χ0v) is 11.8. The van der Waals surface area contributed by atoms with Crippen LogP contribution in [0.5, 0.6) is 0 Å². The fraction of sp³-hybridized carbons (Fsp3) is 0.167. The molecule has 1 aromatic carbocycles. The molecule has 2 aromatic rings. The van der Waals surface area contributed by atoms with Crippen molar-refractivity contribution >= 4 is 31.9 Å². The fourth-order valence-corrected chi connectivity index (χ4v) is 2.66. The van der Waals surface area contributed by atoms with E-state index in [0.29, 0.717) is 0 Å². The molecule has 15 heavy (non-hydrogen) atoms. The van der Waals surface area contributed by atoms with Gasteiger partial charge < -0.3 is 4.57 Å². The van der Waals surface area contributed by atoms with Gasteiger partial charge in [-0.2, -0.15) is 0 Å². The molecule has 1 heterocycles. The van der Waals surface area contributed by atoms with E-state index >= 15 is 0 Å². The van der Waals surface area contributed by atoms with Gasteiger partial charge in [-0.3, -0.25) is 0 Å². The maximum Gasteiger partial charge on any atom is 0.0530 e. The fourth-order valence-electron chi connectivity index (χ4n) is 1.73. The highest BCUT2D eigenvalue weighted by molar-refractivity contribution is 9.13. The summed E-state index contributed by atoms with van der Waals surface area (Å²) in [6.07, 6.45) is 0. The average Bonchev–Trinajstić information content (AvgIpc) is 2.45. The SMILES string of the molecule is Cc1c(Br)c(Br)c(C)n1-c1ccccc1. The van der Waals surface area contributed by atoms with Crippen molar-refractivity contribution < 1.29 is 0 Å². The predicted octanol–water partition coefficient (Wildman–Crippen LogP) is 4.62. The molecule has 0 saturated heterocycles. The lowest BCUT2D eigenvalue weighted by molar-refractivity contribution is 0.961. The van der Waals surface area contributed by atoms with E-state index in [4.69, 9.17) is 0 Å². The number of nitrogens with zero attached hydrogens (tertiary/aromatic N) is 1. The van der Waals surface area contributed by atoms with Crippen LogP contribution in [0, 0.1) is 13.8 Å². The molecule has 0 radical (unpaired) electrons. The van der Waals surface area contributed by atoms with Crippen LogP contribution in [0.25, 0.3) is 5.69 Å². The van der Waals surface area contributed by atoms with Crippen molar-refractivity contribution in [3.05, 3.63) is 50.7 Å². The molecule has 1 nitrogen and oxygen atoms in total. The molecule has 2 rings (SSSR count). The van der Waals surface area contributed by atoms with Gasteiger partial charge in [0.2, 0.25) is 0 Å². The summed E-state index contributed by atoms with van der Waals surface area (Å²) >= 11 is 7.16. The smallest absolute Gasteiger partial charge is 0.0530 e. The Hall–Kier alpha value is -0.540. The first kappa shape index (κ1) is 11.0. The van der Waals surface area contributed by atoms with Crippen LogP contribution in [0.3, 0.4) is 0 Å². The van der Waals surface area contributed by atoms with Crippen LogP contribution in [-0.2, 0) is 0 Å². The Kier molecular flexibility index (Phi) is 3.03. The summed E-state index contributed by atoms with van der Waals surface area (Å²) in [6, 6.07) is 10.4. The van der Waals surface area contributed by atoms with Crippen molar-refractivity contribution in [2.45, 2.75) is 13.8 Å². The van der Waals surface area contributed by atoms with Gasteiger partial charge in [-0.05, 0) is 57.8 Å². The van der Waals surface area contributed by atoms with Crippen LogP contribution in [-0.4, -0.2) is 4.57 Å². The second-order valence-electron chi connectivity index (χ2n) is 3.47. The normalized spacial score (nSPS) is 10.7. The minimum absolute atomic E-state index is 1.13. The number of halogens is 2. The molecule has 0 aliphatic carbocycles. The first-order chi connectivity index (χ1) is 7.13. The number of hydrogen-bond acceptors (Lipinski definition) is 0. The van der Waals surface area contributed by atoms with E-state index < -0.39 is 0 Å². The van der Waals surface area contributed by atoms with Gasteiger partial charge >= 0.3 is 0 Å². The van der Waals surface area contributed by atoms with Crippen LogP contribution in [0.15, 0.2) is 39.3 Å². The van der Waals surface area contributed by atoms with Crippen LogP contribution in [0.4, 0.5) is 0 Å². The standard InChI is InChI=1S/C12H11Br2N/c1-8-11(13)12(14)9(2)15(8)10-6-4-3-5-7-10/h3-7H,1-2H3. The summed E-state index contributed by atoms with van der Waals surface area (Å²) in [5.41, 5.74) is 3.62. The summed E-state index contributed by atoms with van der Waals surface area (Å²) < 4.78 is 4.49. The minimum atomic E-state index is 1.13. The van der Waals surface area contributed by atoms with Crippen LogP contribution in [0.2, 0.25) is 0 Å². The Bertz CT molecular complexity index is 461. The van der Waals surface area contributed by atoms with E-state index in [-0.39, 0.29) is 0 Å². The van der Waals surface area contributed by atoms with E-state index in [2.05, 4.69) is 74.5 Å². The third-order valence-corrected chi connectivity index (χ3v) is 4.99. The van der Waals surface area contributed by atoms with Gasteiger partial charge in [0.1, 0.15) is 0 Å². The quantitative estimate of drug-likeness (QED) is 0.720. The van der Waals surface area contributed by atoms with E-state index in [1.54, 1.807) is 0 Å². The van der Waals surface area contributed by atoms with Gasteiger partial charge in [0.05, 0.1) is 8.95 Å². The number of rotatable bonds is 1. The highest BCUT2D eigenvalue weighted by atomic mass is 79.9. The maximum atomic E-state index is 3.58. The summed E-state index contributed by atoms with van der Waals surface area (Å²) in [4.78, 5) is 0. The Morgan fingerprint density at radius 2 is 1.33 bits per heavy atom. The molecule has 0 N–H and O–H groups in total. The summed E-state index contributed by atoms with van der Waals surface area (Å²) in [5.74, 6) is 0. The van der Waals surface area contributed by atoms with Gasteiger partial charge in [-0.1, -0.05) is 18.2 Å². The first-order valence-electron chi connectivity index (χ1n) is 4.71. The van der Waals surface area contributed by atoms with Crippen LogP contribution < -0.4 is 0 Å². The lowest BCUT2D eigenvalue weighted by atomic mass is 10.3. The molecule has 0 fully saturated rings. The number of hydrogen-bond donors (Lipinski definition) is 0. The van der Waals surface area contributed by atoms with E-state index in [1.165, 1.54) is 17.1 Å². The van der Waals surface area contributed by atoms with Crippen molar-refractivity contribution in [1.29, 1.82) is 0 Å². The highest BCUT2D eigenvalue weighted by Gasteiger charge is 2.14. The number of para-hydroxylation sites is 1. The molecule has 0 unspecified atom stereocenters. The van der Waals surface area contributed by atoms with Gasteiger partial charge in [-0.15, -0.1) is 0 Å². The van der Waals surface area contributed by atoms with Gasteiger partial charge in [0.15, 0.2) is 0 Å². The van der Waals surface area contributed by atoms with Gasteiger partial charge in [-0.25, -0.2) is 0 Å². The van der Waals surface area contributed by atoms with Crippen molar-refractivity contribution in [2.75, 3.05) is 0 Å². The second kappa shape index (κ2) is 4.14. The third kappa shape index (κ3) is 1.79. The monoisotopic (exact) mass is 327 g/mol. The first-order valence-corrected chi connectivity index (χ1v) is 6.30. The summed E-state index contributed by atoms with van der Waals surface area (Å²) in [7, 11) is 0. The lowest BCUT2D eigenvalue weighted by Gasteiger charge is -2.08. The molecule has 0 spiro atoms. The molecule has 0 atom stereocenters. The Morgan fingerprint density at radius 1 is 0.867 bits per heavy atom. The van der Waals surface area contributed by atoms with Crippen LogP contribution in [0.1, 0.15) is 11.4 Å². The van der Waals surface area contributed by atoms with Crippen molar-refractivity contribution in [2.24, 2.45) is 0 Å². The van der Waals surface area contributed by atoms with Crippen LogP contribution >= 0.6 is 31.9 Å². The second-order valence-corrected chi connectivity index (χ2v) is 5.06. The lowest BCUT2D eigenvalue weighted by Crippen LogP contribution is -1.98. The van der Waals surface area contributed by atoms with Crippen molar-refractivity contribution in [3.63, 3.8) is 0 Å². The van der Waals surface area contributed by atoms with Gasteiger partial charge in [0, 0.05) is 17.1 Å². The number of aromatic nitrogens is 1. The molecule has 1 aromatic heterocycles. The summed E-state index contributed by atoms with van der Waals surface area (Å²) in [5, 5.41) is 0. The van der Waals surface area contributed by atoms with Gasteiger partial charge in [0.25, 0.3) is 0 Å². The van der Waals surface area contributed by atoms with Crippen molar-refractivity contribution in [1.82, 2.24) is 4.57 Å². The zero-order chi connectivity index (χ0) is 11.0. The topological polar surface area (TPSA) is 4.93 Å². The zero-order valence-electron chi connectivity index (χ0n) is 8.59. The van der Waals surface area contributed by atoms with E-state index in [1.807, 2.05) is 6.07 Å². The molecule has 0 saturated carbocycles. The average molecular weight is 329 g/mol. The Balaban J connectivity index is 2.69. The minimum Gasteiger partial charge on any atom is -0.316 e. The largest absolute Gasteiger partial charge is 0.316 e. The van der Waals surface area contributed by atoms with E-state index in [0.717, 1.165) is 8.95 Å².